The first kappa shape index (κ1) is 25.1. The maximum absolute atomic E-state index is 13.5. The van der Waals surface area contributed by atoms with Gasteiger partial charge < -0.3 is 10.6 Å². The fourth-order valence-electron chi connectivity index (χ4n) is 2.32. The fourth-order valence-corrected chi connectivity index (χ4v) is 4.62. The molecule has 4 N–H and O–H groups in total. The largest absolute Gasteiger partial charge is 0.357 e. The molecule has 0 unspecified atom stereocenters. The minimum Gasteiger partial charge on any atom is -0.357 e. The zero-order valence-electron chi connectivity index (χ0n) is 15.6. The van der Waals surface area contributed by atoms with Gasteiger partial charge in [0.1, 0.15) is 10.0 Å². The van der Waals surface area contributed by atoms with Gasteiger partial charge in [-0.15, -0.1) is 35.3 Å². The summed E-state index contributed by atoms with van der Waals surface area (Å²) in [5.41, 5.74) is 1.90. The zero-order valence-corrected chi connectivity index (χ0v) is 20.3. The number of sulfonamides is 1. The minimum atomic E-state index is -3.68. The van der Waals surface area contributed by atoms with Crippen molar-refractivity contribution < 1.29 is 12.8 Å². The van der Waals surface area contributed by atoms with Gasteiger partial charge in [0.15, 0.2) is 5.96 Å². The highest BCUT2D eigenvalue weighted by atomic mass is 127. The molecule has 1 aromatic heterocycles. The van der Waals surface area contributed by atoms with Crippen molar-refractivity contribution in [3.05, 3.63) is 52.2 Å². The van der Waals surface area contributed by atoms with Crippen LogP contribution >= 0.6 is 47.1 Å². The van der Waals surface area contributed by atoms with Gasteiger partial charge in [0.05, 0.1) is 13.1 Å². The Morgan fingerprint density at radius 2 is 2.00 bits per heavy atom. The summed E-state index contributed by atoms with van der Waals surface area (Å²) < 4.78 is 36.3. The second-order valence-electron chi connectivity index (χ2n) is 5.66. The lowest BCUT2D eigenvalue weighted by molar-refractivity contribution is 0.600. The van der Waals surface area contributed by atoms with Gasteiger partial charge in [0, 0.05) is 17.2 Å². The van der Waals surface area contributed by atoms with E-state index < -0.39 is 10.0 Å². The van der Waals surface area contributed by atoms with Crippen LogP contribution in [0.5, 0.6) is 0 Å². The molecule has 2 rings (SSSR count). The SMILES string of the molecule is CCNC(=NCc1ccc(F)cc1CSC)NCc1ccc(S(N)(=O)=O)s1.I. The Hall–Kier alpha value is -0.890. The number of aliphatic imine (C=N–C) groups is 1. The Balaban J connectivity index is 0.00000392. The molecular formula is C17H24FIN4O2S3. The lowest BCUT2D eigenvalue weighted by Crippen LogP contribution is -2.36. The number of benzene rings is 1. The fraction of sp³-hybridized carbons (Fsp3) is 0.353. The Morgan fingerprint density at radius 1 is 1.25 bits per heavy atom. The molecule has 0 radical (unpaired) electrons. The number of nitrogens with two attached hydrogens (primary N) is 1. The molecule has 2 aromatic rings. The molecule has 28 heavy (non-hydrogen) atoms. The van der Waals surface area contributed by atoms with E-state index in [1.807, 2.05) is 13.2 Å². The molecule has 1 heterocycles. The van der Waals surface area contributed by atoms with Crippen molar-refractivity contribution in [3.63, 3.8) is 0 Å². The third-order valence-electron chi connectivity index (χ3n) is 3.57. The number of nitrogens with one attached hydrogen (secondary N) is 2. The lowest BCUT2D eigenvalue weighted by Gasteiger charge is -2.12. The topological polar surface area (TPSA) is 96.6 Å². The third-order valence-corrected chi connectivity index (χ3v) is 6.69. The molecule has 0 bridgehead atoms. The summed E-state index contributed by atoms with van der Waals surface area (Å²) in [6, 6.07) is 7.95. The van der Waals surface area contributed by atoms with Crippen molar-refractivity contribution in [2.75, 3.05) is 12.8 Å². The van der Waals surface area contributed by atoms with Crippen molar-refractivity contribution >= 4 is 63.1 Å². The first-order valence-corrected chi connectivity index (χ1v) is 12.0. The summed E-state index contributed by atoms with van der Waals surface area (Å²) in [4.78, 5) is 5.38. The second-order valence-corrected chi connectivity index (χ2v) is 9.48. The molecule has 0 saturated carbocycles. The lowest BCUT2D eigenvalue weighted by atomic mass is 10.1. The van der Waals surface area contributed by atoms with Crippen LogP contribution in [0.1, 0.15) is 22.9 Å². The van der Waals surface area contributed by atoms with Crippen LogP contribution in [-0.2, 0) is 28.9 Å². The van der Waals surface area contributed by atoms with Gasteiger partial charge >= 0.3 is 0 Å². The number of thioether (sulfide) groups is 1. The van der Waals surface area contributed by atoms with Crippen LogP contribution in [0.4, 0.5) is 4.39 Å². The number of hydrogen-bond donors (Lipinski definition) is 3. The molecule has 0 aliphatic carbocycles. The normalized spacial score (nSPS) is 11.8. The van der Waals surface area contributed by atoms with Crippen molar-refractivity contribution in [2.45, 2.75) is 30.0 Å². The molecule has 0 fully saturated rings. The highest BCUT2D eigenvalue weighted by Crippen LogP contribution is 2.20. The Morgan fingerprint density at radius 3 is 2.61 bits per heavy atom. The molecular weight excluding hydrogens is 534 g/mol. The molecule has 1 aromatic carbocycles. The number of nitrogens with zero attached hydrogens (tertiary/aromatic N) is 1. The second kappa shape index (κ2) is 12.0. The highest BCUT2D eigenvalue weighted by Gasteiger charge is 2.11. The molecule has 11 heteroatoms. The summed E-state index contributed by atoms with van der Waals surface area (Å²) in [7, 11) is -3.68. The summed E-state index contributed by atoms with van der Waals surface area (Å²) >= 11 is 2.75. The zero-order chi connectivity index (χ0) is 19.9. The molecule has 0 saturated heterocycles. The van der Waals surface area contributed by atoms with Crippen molar-refractivity contribution in [1.82, 2.24) is 10.6 Å². The molecule has 0 spiro atoms. The first-order chi connectivity index (χ1) is 12.8. The first-order valence-electron chi connectivity index (χ1n) is 8.23. The number of primary sulfonamides is 1. The van der Waals surface area contributed by atoms with E-state index in [1.54, 1.807) is 30.0 Å². The van der Waals surface area contributed by atoms with E-state index in [2.05, 4.69) is 15.6 Å². The van der Waals surface area contributed by atoms with Crippen LogP contribution in [0.2, 0.25) is 0 Å². The standard InChI is InChI=1S/C17H23FN4O2S3.HI/c1-3-20-17(22-10-15-6-7-16(26-15)27(19,23)24)21-9-12-4-5-14(18)8-13(12)11-25-2;/h4-8H,3,9-11H2,1-2H3,(H2,19,23,24)(H2,20,21,22);1H. The molecule has 156 valence electrons. The van der Waals surface area contributed by atoms with Crippen LogP contribution in [-0.4, -0.2) is 27.2 Å². The summed E-state index contributed by atoms with van der Waals surface area (Å²) in [6.07, 6.45) is 1.97. The average Bonchev–Trinajstić information content (AvgIpc) is 3.08. The summed E-state index contributed by atoms with van der Waals surface area (Å²) in [5.74, 6) is 1.07. The smallest absolute Gasteiger partial charge is 0.247 e. The Bertz CT molecular complexity index is 904. The molecule has 0 aliphatic heterocycles. The number of hydrogen-bond acceptors (Lipinski definition) is 5. The van der Waals surface area contributed by atoms with E-state index in [-0.39, 0.29) is 34.0 Å². The van der Waals surface area contributed by atoms with Gasteiger partial charge in [0.2, 0.25) is 10.0 Å². The van der Waals surface area contributed by atoms with E-state index >= 15 is 0 Å². The summed E-state index contributed by atoms with van der Waals surface area (Å²) in [6.45, 7) is 3.48. The van der Waals surface area contributed by atoms with Crippen LogP contribution < -0.4 is 15.8 Å². The van der Waals surface area contributed by atoms with Gasteiger partial charge in [0.25, 0.3) is 0 Å². The predicted octanol–water partition coefficient (Wildman–Crippen LogP) is 3.27. The van der Waals surface area contributed by atoms with Gasteiger partial charge in [-0.25, -0.2) is 22.9 Å². The molecule has 0 amide bonds. The number of guanidine groups is 1. The Labute approximate surface area is 190 Å². The average molecular weight is 559 g/mol. The number of thiophene rings is 1. The van der Waals surface area contributed by atoms with Gasteiger partial charge in [-0.3, -0.25) is 0 Å². The minimum absolute atomic E-state index is 0. The van der Waals surface area contributed by atoms with Crippen molar-refractivity contribution in [2.24, 2.45) is 10.1 Å². The van der Waals surface area contributed by atoms with Crippen molar-refractivity contribution in [3.8, 4) is 0 Å². The van der Waals surface area contributed by atoms with Crippen LogP contribution in [0.3, 0.4) is 0 Å². The van der Waals surface area contributed by atoms with Gasteiger partial charge in [-0.2, -0.15) is 11.8 Å². The maximum Gasteiger partial charge on any atom is 0.247 e. The van der Waals surface area contributed by atoms with Gasteiger partial charge in [-0.05, 0) is 48.6 Å². The van der Waals surface area contributed by atoms with Crippen molar-refractivity contribution in [1.29, 1.82) is 0 Å². The molecule has 0 aliphatic rings. The molecule has 6 nitrogen and oxygen atoms in total. The third kappa shape index (κ3) is 7.85. The van der Waals surface area contributed by atoms with Crippen LogP contribution in [0, 0.1) is 5.82 Å². The van der Waals surface area contributed by atoms with E-state index in [4.69, 9.17) is 5.14 Å². The monoisotopic (exact) mass is 558 g/mol. The Kier molecular flexibility index (Phi) is 10.7. The number of rotatable bonds is 8. The van der Waals surface area contributed by atoms with Crippen LogP contribution in [0.25, 0.3) is 0 Å². The molecule has 0 atom stereocenters. The number of halogens is 2. The quantitative estimate of drug-likeness (QED) is 0.263. The maximum atomic E-state index is 13.5. The van der Waals surface area contributed by atoms with Gasteiger partial charge in [-0.1, -0.05) is 6.07 Å². The van der Waals surface area contributed by atoms with E-state index in [9.17, 15) is 12.8 Å². The summed E-state index contributed by atoms with van der Waals surface area (Å²) in [5, 5.41) is 11.4. The predicted molar refractivity (Wildman–Crippen MR) is 126 cm³/mol. The van der Waals surface area contributed by atoms with Crippen LogP contribution in [0.15, 0.2) is 39.5 Å². The van der Waals surface area contributed by atoms with E-state index in [0.717, 1.165) is 33.1 Å². The highest BCUT2D eigenvalue weighted by molar-refractivity contribution is 14.0. The van der Waals surface area contributed by atoms with E-state index in [1.165, 1.54) is 12.1 Å². The van der Waals surface area contributed by atoms with E-state index in [0.29, 0.717) is 25.6 Å².